The first-order chi connectivity index (χ1) is 19.7. The van der Waals surface area contributed by atoms with Gasteiger partial charge in [-0.25, -0.2) is 0 Å². The molecule has 40 heavy (non-hydrogen) atoms. The molecule has 0 atom stereocenters. The largest absolute Gasteiger partial charge is 0.305 e. The predicted octanol–water partition coefficient (Wildman–Crippen LogP) is 7.74. The molecule has 0 saturated heterocycles. The first-order valence-electron chi connectivity index (χ1n) is 13.4. The van der Waals surface area contributed by atoms with E-state index in [9.17, 15) is 4.57 Å². The van der Waals surface area contributed by atoms with Crippen LogP contribution in [-0.2, 0) is 4.57 Å². The summed E-state index contributed by atoms with van der Waals surface area (Å²) in [5.41, 5.74) is 8.46. The van der Waals surface area contributed by atoms with E-state index in [4.69, 9.17) is 0 Å². The van der Waals surface area contributed by atoms with E-state index in [2.05, 4.69) is 88.8 Å². The van der Waals surface area contributed by atoms with Crippen molar-refractivity contribution in [2.45, 2.75) is 0 Å². The summed E-state index contributed by atoms with van der Waals surface area (Å²) < 4.78 is 14.7. The fourth-order valence-electron chi connectivity index (χ4n) is 6.11. The molecule has 0 radical (unpaired) electrons. The van der Waals surface area contributed by atoms with Crippen molar-refractivity contribution >= 4 is 44.9 Å². The average molecular weight is 531 g/mol. The number of hydrogen-bond donors (Lipinski definition) is 0. The first kappa shape index (κ1) is 23.1. The maximum atomic E-state index is 14.7. The van der Waals surface area contributed by atoms with E-state index in [1.165, 1.54) is 43.8 Å². The van der Waals surface area contributed by atoms with Gasteiger partial charge in [0.05, 0.1) is 0 Å². The lowest BCUT2D eigenvalue weighted by Gasteiger charge is -2.18. The van der Waals surface area contributed by atoms with E-state index in [1.54, 1.807) is 12.4 Å². The Kier molecular flexibility index (Phi) is 5.10. The number of nitrogens with zero attached hydrogens (tertiary/aromatic N) is 2. The molecule has 0 bridgehead atoms. The van der Waals surface area contributed by atoms with E-state index in [0.717, 1.165) is 16.4 Å². The van der Waals surface area contributed by atoms with Gasteiger partial charge in [-0.05, 0) is 91.3 Å². The van der Waals surface area contributed by atoms with Gasteiger partial charge in [0.25, 0.3) is 0 Å². The number of hydrogen-bond acceptors (Lipinski definition) is 3. The minimum absolute atomic E-state index is 0.539. The maximum absolute atomic E-state index is 14.7. The summed E-state index contributed by atoms with van der Waals surface area (Å²) in [5, 5.41) is 5.75. The quantitative estimate of drug-likeness (QED) is 0.219. The van der Waals surface area contributed by atoms with Crippen molar-refractivity contribution in [3.05, 3.63) is 140 Å². The standard InChI is InChI=1S/C36H23N2OP/c39-40(34-12-3-5-20-37-34,35-13-4-6-21-38-35)27-16-14-24(15-17-27)28-18-19-31-33-23-26-9-2-1-8-25(26)22-32(33)30-11-7-10-29(28)36(30)31/h1-23H. The second-order valence-corrected chi connectivity index (χ2v) is 12.8. The summed E-state index contributed by atoms with van der Waals surface area (Å²) in [4.78, 5) is 8.98. The fourth-order valence-corrected chi connectivity index (χ4v) is 8.49. The zero-order valence-electron chi connectivity index (χ0n) is 21.5. The second kappa shape index (κ2) is 8.84. The Morgan fingerprint density at radius 3 is 1.65 bits per heavy atom. The lowest BCUT2D eigenvalue weighted by Crippen LogP contribution is -2.28. The van der Waals surface area contributed by atoms with Crippen LogP contribution in [0.2, 0.25) is 0 Å². The van der Waals surface area contributed by atoms with E-state index in [-0.39, 0.29) is 0 Å². The van der Waals surface area contributed by atoms with Gasteiger partial charge in [-0.2, -0.15) is 0 Å². The molecule has 0 unspecified atom stereocenters. The third-order valence-electron chi connectivity index (χ3n) is 7.99. The Hall–Kier alpha value is -4.85. The van der Waals surface area contributed by atoms with Gasteiger partial charge in [0.15, 0.2) is 0 Å². The normalized spacial score (nSPS) is 12.1. The van der Waals surface area contributed by atoms with Crippen molar-refractivity contribution in [1.82, 2.24) is 9.97 Å². The molecule has 188 valence electrons. The number of aromatic nitrogens is 2. The lowest BCUT2D eigenvalue weighted by atomic mass is 9.94. The third-order valence-corrected chi connectivity index (χ3v) is 10.8. The highest BCUT2D eigenvalue weighted by atomic mass is 31.2. The minimum atomic E-state index is -3.23. The molecular formula is C36H23N2OP. The van der Waals surface area contributed by atoms with Crippen molar-refractivity contribution in [3.63, 3.8) is 0 Å². The van der Waals surface area contributed by atoms with Crippen LogP contribution < -0.4 is 16.2 Å². The molecule has 8 rings (SSSR count). The number of fused-ring (bicyclic) bond motifs is 4. The van der Waals surface area contributed by atoms with Gasteiger partial charge in [0.1, 0.15) is 10.9 Å². The lowest BCUT2D eigenvalue weighted by molar-refractivity contribution is 0.591. The summed E-state index contributed by atoms with van der Waals surface area (Å²) in [6.45, 7) is 0. The van der Waals surface area contributed by atoms with Gasteiger partial charge in [-0.15, -0.1) is 0 Å². The predicted molar refractivity (Wildman–Crippen MR) is 166 cm³/mol. The molecule has 0 aliphatic heterocycles. The van der Waals surface area contributed by atoms with E-state index in [1.807, 2.05) is 48.5 Å². The van der Waals surface area contributed by atoms with E-state index in [0.29, 0.717) is 10.9 Å². The number of pyridine rings is 2. The summed E-state index contributed by atoms with van der Waals surface area (Å²) >= 11 is 0. The smallest absolute Gasteiger partial charge is 0.205 e. The van der Waals surface area contributed by atoms with Crippen molar-refractivity contribution < 1.29 is 4.57 Å². The summed E-state index contributed by atoms with van der Waals surface area (Å²) in [6, 6.07) is 43.5. The topological polar surface area (TPSA) is 42.9 Å². The summed E-state index contributed by atoms with van der Waals surface area (Å²) in [7, 11) is -3.23. The molecule has 0 saturated carbocycles. The van der Waals surface area contributed by atoms with Crippen LogP contribution in [0, 0.1) is 0 Å². The Labute approximate surface area is 232 Å². The van der Waals surface area contributed by atoms with Crippen molar-refractivity contribution in [2.24, 2.45) is 0 Å². The van der Waals surface area contributed by atoms with Crippen molar-refractivity contribution in [3.8, 4) is 33.4 Å². The molecule has 0 fully saturated rings. The second-order valence-electron chi connectivity index (χ2n) is 10.2. The van der Waals surface area contributed by atoms with Crippen LogP contribution in [-0.4, -0.2) is 9.97 Å². The van der Waals surface area contributed by atoms with Crippen LogP contribution in [0.4, 0.5) is 0 Å². The van der Waals surface area contributed by atoms with Gasteiger partial charge in [0, 0.05) is 17.7 Å². The van der Waals surface area contributed by atoms with Crippen molar-refractivity contribution in [1.29, 1.82) is 0 Å². The molecule has 3 nitrogen and oxygen atoms in total. The van der Waals surface area contributed by atoms with Crippen molar-refractivity contribution in [2.75, 3.05) is 0 Å². The van der Waals surface area contributed by atoms with Crippen LogP contribution in [0.15, 0.2) is 140 Å². The molecule has 2 heterocycles. The minimum Gasteiger partial charge on any atom is -0.305 e. The Balaban J connectivity index is 1.27. The van der Waals surface area contributed by atoms with Crippen LogP contribution in [0.25, 0.3) is 54.9 Å². The van der Waals surface area contributed by atoms with E-state index >= 15 is 0 Å². The highest BCUT2D eigenvalue weighted by Gasteiger charge is 2.32. The third kappa shape index (κ3) is 3.35. The molecule has 0 amide bonds. The molecule has 4 heteroatoms. The van der Waals surface area contributed by atoms with Gasteiger partial charge in [-0.3, -0.25) is 9.97 Å². The Bertz CT molecular complexity index is 2030. The highest BCUT2D eigenvalue weighted by Crippen LogP contribution is 2.50. The first-order valence-corrected chi connectivity index (χ1v) is 15.1. The Morgan fingerprint density at radius 1 is 0.475 bits per heavy atom. The highest BCUT2D eigenvalue weighted by molar-refractivity contribution is 7.84. The molecule has 2 aromatic heterocycles. The number of benzene rings is 5. The summed E-state index contributed by atoms with van der Waals surface area (Å²) in [5.74, 6) is 0. The van der Waals surface area contributed by atoms with Gasteiger partial charge >= 0.3 is 0 Å². The van der Waals surface area contributed by atoms with Gasteiger partial charge < -0.3 is 4.57 Å². The zero-order valence-corrected chi connectivity index (χ0v) is 22.4. The van der Waals surface area contributed by atoms with Crippen LogP contribution in [0.5, 0.6) is 0 Å². The maximum Gasteiger partial charge on any atom is 0.205 e. The fraction of sp³-hybridized carbons (Fsp3) is 0. The molecule has 1 aliphatic rings. The molecule has 1 aliphatic carbocycles. The van der Waals surface area contributed by atoms with Crippen LogP contribution >= 0.6 is 7.14 Å². The van der Waals surface area contributed by atoms with Gasteiger partial charge in [-0.1, -0.05) is 91.0 Å². The van der Waals surface area contributed by atoms with Crippen LogP contribution in [0.1, 0.15) is 0 Å². The molecule has 5 aromatic carbocycles. The van der Waals surface area contributed by atoms with Gasteiger partial charge in [0.2, 0.25) is 7.14 Å². The zero-order chi connectivity index (χ0) is 26.7. The Morgan fingerprint density at radius 2 is 1.05 bits per heavy atom. The molecule has 0 N–H and O–H groups in total. The average Bonchev–Trinajstić information content (AvgIpc) is 3.34. The molecular weight excluding hydrogens is 507 g/mol. The number of rotatable bonds is 4. The SMILES string of the molecule is O=P(c1ccc(-c2ccc3c4c(cccc24)-c2cc4ccccc4cc2-3)cc1)(c1ccccn1)c1ccccn1. The van der Waals surface area contributed by atoms with Crippen LogP contribution in [0.3, 0.4) is 0 Å². The summed E-state index contributed by atoms with van der Waals surface area (Å²) in [6.07, 6.45) is 3.38. The van der Waals surface area contributed by atoms with E-state index < -0.39 is 7.14 Å². The monoisotopic (exact) mass is 530 g/mol. The molecule has 7 aromatic rings. The molecule has 0 spiro atoms.